The van der Waals surface area contributed by atoms with Gasteiger partial charge in [-0.1, -0.05) is 11.8 Å². The molecule has 1 aromatic carbocycles. The van der Waals surface area contributed by atoms with Gasteiger partial charge >= 0.3 is 5.97 Å². The number of aromatic nitrogens is 3. The zero-order chi connectivity index (χ0) is 24.4. The molecule has 1 fully saturated rings. The van der Waals surface area contributed by atoms with Crippen molar-refractivity contribution in [2.75, 3.05) is 32.6 Å². The summed E-state index contributed by atoms with van der Waals surface area (Å²) in [7, 11) is 3.46. The van der Waals surface area contributed by atoms with Crippen molar-refractivity contribution in [1.29, 1.82) is 0 Å². The Bertz CT molecular complexity index is 1300. The second-order valence-corrected chi connectivity index (χ2v) is 9.25. The van der Waals surface area contributed by atoms with E-state index in [4.69, 9.17) is 14.5 Å². The lowest BCUT2D eigenvalue weighted by molar-refractivity contribution is -0.151. The maximum absolute atomic E-state index is 13.4. The lowest BCUT2D eigenvalue weighted by Gasteiger charge is -2.31. The van der Waals surface area contributed by atoms with Crippen molar-refractivity contribution in [1.82, 2.24) is 19.0 Å². The van der Waals surface area contributed by atoms with Crippen LogP contribution in [0.1, 0.15) is 26.7 Å². The van der Waals surface area contributed by atoms with E-state index >= 15 is 0 Å². The number of likely N-dealkylation sites (tertiary alicyclic amines) is 1. The molecule has 1 amide bonds. The number of carbonyl (C=O) groups is 2. The van der Waals surface area contributed by atoms with E-state index < -0.39 is 0 Å². The Hall–Kier alpha value is -3.01. The number of ether oxygens (including phenoxy) is 2. The van der Waals surface area contributed by atoms with E-state index in [2.05, 4.69) is 0 Å². The summed E-state index contributed by atoms with van der Waals surface area (Å²) in [4.78, 5) is 45.0. The average molecular weight is 487 g/mol. The molecule has 0 bridgehead atoms. The van der Waals surface area contributed by atoms with Gasteiger partial charge in [-0.2, -0.15) is 0 Å². The molecule has 4 rings (SSSR count). The number of hydrogen-bond donors (Lipinski definition) is 0. The lowest BCUT2D eigenvalue weighted by atomic mass is 9.98. The summed E-state index contributed by atoms with van der Waals surface area (Å²) in [6.45, 7) is 5.43. The van der Waals surface area contributed by atoms with Crippen molar-refractivity contribution in [3.05, 3.63) is 28.6 Å². The van der Waals surface area contributed by atoms with E-state index in [1.807, 2.05) is 36.7 Å². The Balaban J connectivity index is 1.61. The molecule has 0 spiro atoms. The molecule has 1 aliphatic heterocycles. The summed E-state index contributed by atoms with van der Waals surface area (Å²) in [6.07, 6.45) is 1.50. The van der Waals surface area contributed by atoms with E-state index in [1.54, 1.807) is 23.5 Å². The van der Waals surface area contributed by atoms with E-state index in [1.165, 1.54) is 11.8 Å². The molecule has 3 aromatic rings. The van der Waals surface area contributed by atoms with Crippen molar-refractivity contribution in [3.63, 3.8) is 0 Å². The van der Waals surface area contributed by atoms with E-state index in [0.717, 1.165) is 23.7 Å². The van der Waals surface area contributed by atoms with Crippen molar-refractivity contribution in [2.45, 2.75) is 38.4 Å². The molecular formula is C24H30N4O5S. The van der Waals surface area contributed by atoms with Gasteiger partial charge in [-0.3, -0.25) is 19.0 Å². The highest BCUT2D eigenvalue weighted by atomic mass is 32.2. The minimum atomic E-state index is -0.281. The van der Waals surface area contributed by atoms with Crippen molar-refractivity contribution in [3.8, 4) is 5.75 Å². The minimum absolute atomic E-state index is 0.0735. The number of thioether (sulfide) groups is 1. The second-order valence-electron chi connectivity index (χ2n) is 8.30. The van der Waals surface area contributed by atoms with Crippen molar-refractivity contribution < 1.29 is 19.1 Å². The molecule has 9 nitrogen and oxygen atoms in total. The average Bonchev–Trinajstić information content (AvgIpc) is 3.13. The third-order valence-electron chi connectivity index (χ3n) is 6.30. The minimum Gasteiger partial charge on any atom is -0.497 e. The van der Waals surface area contributed by atoms with Crippen LogP contribution in [-0.2, 0) is 27.9 Å². The molecule has 0 radical (unpaired) electrons. The van der Waals surface area contributed by atoms with Crippen LogP contribution in [0.3, 0.4) is 0 Å². The zero-order valence-corrected chi connectivity index (χ0v) is 20.8. The number of benzene rings is 1. The lowest BCUT2D eigenvalue weighted by Crippen LogP contribution is -2.43. The van der Waals surface area contributed by atoms with Crippen LogP contribution in [0.15, 0.2) is 28.2 Å². The van der Waals surface area contributed by atoms with E-state index in [0.29, 0.717) is 48.2 Å². The Morgan fingerprint density at radius 1 is 1.26 bits per heavy atom. The molecule has 34 heavy (non-hydrogen) atoms. The van der Waals surface area contributed by atoms with Gasteiger partial charge in [-0.15, -0.1) is 0 Å². The summed E-state index contributed by atoms with van der Waals surface area (Å²) >= 11 is 1.25. The number of amides is 1. The molecule has 2 aromatic heterocycles. The number of fused-ring (bicyclic) bond motifs is 3. The number of carbonyl (C=O) groups excluding carboxylic acids is 2. The first-order chi connectivity index (χ1) is 16.4. The number of nitrogens with zero attached hydrogens (tertiary/aromatic N) is 4. The zero-order valence-electron chi connectivity index (χ0n) is 20.0. The van der Waals surface area contributed by atoms with Gasteiger partial charge in [0.1, 0.15) is 16.8 Å². The van der Waals surface area contributed by atoms with Crippen molar-refractivity contribution >= 4 is 45.6 Å². The van der Waals surface area contributed by atoms with Gasteiger partial charge < -0.3 is 18.9 Å². The predicted octanol–water partition coefficient (Wildman–Crippen LogP) is 2.81. The quantitative estimate of drug-likeness (QED) is 0.288. The maximum Gasteiger partial charge on any atom is 0.310 e. The molecule has 10 heteroatoms. The third kappa shape index (κ3) is 4.38. The number of esters is 1. The number of rotatable bonds is 7. The van der Waals surface area contributed by atoms with Gasteiger partial charge in [-0.05, 0) is 44.9 Å². The van der Waals surface area contributed by atoms with Gasteiger partial charge in [0.2, 0.25) is 5.91 Å². The fraction of sp³-hybridized carbons (Fsp3) is 0.500. The van der Waals surface area contributed by atoms with Gasteiger partial charge in [-0.25, -0.2) is 4.98 Å². The van der Waals surface area contributed by atoms with Crippen molar-refractivity contribution in [2.24, 2.45) is 13.0 Å². The molecule has 0 N–H and O–H groups in total. The van der Waals surface area contributed by atoms with Crippen LogP contribution in [0.4, 0.5) is 0 Å². The molecule has 1 atom stereocenters. The standard InChI is InChI=1S/C24H30N4O5S/c1-5-28-22(30)21-20(17-12-16(32-4)9-10-18(17)26(21)3)25-24(28)34-14-19(29)27-11-7-8-15(13-27)23(31)33-6-2/h9-10,12,15H,5-8,11,13-14H2,1-4H3/t15-/m0/s1. The fourth-order valence-electron chi connectivity index (χ4n) is 4.52. The van der Waals surface area contributed by atoms with Crippen LogP contribution in [0.25, 0.3) is 21.9 Å². The molecule has 0 aliphatic carbocycles. The van der Waals surface area contributed by atoms with Crippen LogP contribution in [0.5, 0.6) is 5.75 Å². The molecule has 0 unspecified atom stereocenters. The number of hydrogen-bond acceptors (Lipinski definition) is 7. The van der Waals surface area contributed by atoms with Gasteiger partial charge in [0, 0.05) is 32.1 Å². The normalized spacial score (nSPS) is 16.2. The van der Waals surface area contributed by atoms with E-state index in [9.17, 15) is 14.4 Å². The Morgan fingerprint density at radius 2 is 2.06 bits per heavy atom. The molecule has 182 valence electrons. The number of piperidine rings is 1. The topological polar surface area (TPSA) is 95.7 Å². The Labute approximate surface area is 202 Å². The molecular weight excluding hydrogens is 456 g/mol. The summed E-state index contributed by atoms with van der Waals surface area (Å²) in [5.41, 5.74) is 1.87. The first-order valence-electron chi connectivity index (χ1n) is 11.5. The van der Waals surface area contributed by atoms with Crippen LogP contribution < -0.4 is 10.3 Å². The highest BCUT2D eigenvalue weighted by Gasteiger charge is 2.29. The smallest absolute Gasteiger partial charge is 0.310 e. The summed E-state index contributed by atoms with van der Waals surface area (Å²) in [6, 6.07) is 5.65. The molecule has 1 saturated heterocycles. The Morgan fingerprint density at radius 3 is 2.76 bits per heavy atom. The van der Waals surface area contributed by atoms with Crippen LogP contribution in [-0.4, -0.2) is 63.5 Å². The highest BCUT2D eigenvalue weighted by molar-refractivity contribution is 7.99. The van der Waals surface area contributed by atoms with Gasteiger partial charge in [0.15, 0.2) is 5.16 Å². The van der Waals surface area contributed by atoms with Crippen LogP contribution in [0.2, 0.25) is 0 Å². The third-order valence-corrected chi connectivity index (χ3v) is 7.26. The van der Waals surface area contributed by atoms with Crippen LogP contribution in [0, 0.1) is 5.92 Å². The molecule has 3 heterocycles. The van der Waals surface area contributed by atoms with Crippen LogP contribution >= 0.6 is 11.8 Å². The van der Waals surface area contributed by atoms with E-state index in [-0.39, 0.29) is 29.1 Å². The summed E-state index contributed by atoms with van der Waals surface area (Å²) in [5.74, 6) is 0.229. The maximum atomic E-state index is 13.4. The Kier molecular flexibility index (Phi) is 7.16. The summed E-state index contributed by atoms with van der Waals surface area (Å²) < 4.78 is 14.0. The van der Waals surface area contributed by atoms with Gasteiger partial charge in [0.05, 0.1) is 30.9 Å². The summed E-state index contributed by atoms with van der Waals surface area (Å²) in [5, 5.41) is 1.33. The fourth-order valence-corrected chi connectivity index (χ4v) is 5.48. The predicted molar refractivity (Wildman–Crippen MR) is 131 cm³/mol. The highest BCUT2D eigenvalue weighted by Crippen LogP contribution is 2.30. The SMILES string of the molecule is CCOC(=O)[C@H]1CCCN(C(=O)CSc2nc3c4cc(OC)ccc4n(C)c3c(=O)n2CC)C1. The first-order valence-corrected chi connectivity index (χ1v) is 12.5. The van der Waals surface area contributed by atoms with Gasteiger partial charge in [0.25, 0.3) is 5.56 Å². The number of aryl methyl sites for hydroxylation is 1. The second kappa shape index (κ2) is 10.1. The molecule has 0 saturated carbocycles. The molecule has 1 aliphatic rings. The first kappa shape index (κ1) is 24.1. The monoisotopic (exact) mass is 486 g/mol. The largest absolute Gasteiger partial charge is 0.497 e. The number of methoxy groups -OCH3 is 1.